The van der Waals surface area contributed by atoms with Crippen molar-refractivity contribution in [3.63, 3.8) is 0 Å². The lowest BCUT2D eigenvalue weighted by Crippen LogP contribution is -2.41. The van der Waals surface area contributed by atoms with Crippen molar-refractivity contribution < 1.29 is 24.2 Å². The number of aliphatic carboxylic acids is 1. The Morgan fingerprint density at radius 1 is 1.00 bits per heavy atom. The molecule has 3 rings (SSSR count). The van der Waals surface area contributed by atoms with Crippen LogP contribution in [0.15, 0.2) is 48.5 Å². The summed E-state index contributed by atoms with van der Waals surface area (Å²) >= 11 is 0. The van der Waals surface area contributed by atoms with Crippen molar-refractivity contribution in [3.8, 4) is 11.1 Å². The van der Waals surface area contributed by atoms with E-state index < -0.39 is 12.1 Å². The second kappa shape index (κ2) is 9.91. The van der Waals surface area contributed by atoms with Crippen LogP contribution in [0.2, 0.25) is 0 Å². The predicted octanol–water partition coefficient (Wildman–Crippen LogP) is 3.24. The van der Waals surface area contributed by atoms with Gasteiger partial charge in [0.25, 0.3) is 0 Å². The van der Waals surface area contributed by atoms with E-state index in [1.807, 2.05) is 43.3 Å². The molecule has 1 aliphatic carbocycles. The molecule has 2 N–H and O–H groups in total. The minimum absolute atomic E-state index is 0.0500. The lowest BCUT2D eigenvalue weighted by Gasteiger charge is -2.21. The summed E-state index contributed by atoms with van der Waals surface area (Å²) in [5, 5.41) is 11.3. The monoisotopic (exact) mass is 410 g/mol. The molecule has 0 aliphatic heterocycles. The Kier molecular flexibility index (Phi) is 7.06. The zero-order valence-corrected chi connectivity index (χ0v) is 17.0. The van der Waals surface area contributed by atoms with Crippen molar-refractivity contribution in [3.05, 3.63) is 59.7 Å². The normalized spacial score (nSPS) is 12.0. The lowest BCUT2D eigenvalue weighted by molar-refractivity contribution is -0.138. The van der Waals surface area contributed by atoms with Gasteiger partial charge in [-0.15, -0.1) is 0 Å². The van der Waals surface area contributed by atoms with E-state index >= 15 is 0 Å². The highest BCUT2D eigenvalue weighted by molar-refractivity contribution is 5.83. The first-order chi connectivity index (χ1) is 14.5. The van der Waals surface area contributed by atoms with Gasteiger partial charge in [-0.1, -0.05) is 55.5 Å². The first-order valence-corrected chi connectivity index (χ1v) is 10.1. The second-order valence-electron chi connectivity index (χ2n) is 7.20. The number of carbonyl (C=O) groups is 3. The maximum Gasteiger partial charge on any atom is 0.407 e. The molecule has 7 nitrogen and oxygen atoms in total. The number of nitrogens with zero attached hydrogens (tertiary/aromatic N) is 1. The first-order valence-electron chi connectivity index (χ1n) is 10.1. The van der Waals surface area contributed by atoms with Crippen molar-refractivity contribution in [1.29, 1.82) is 0 Å². The number of hydrogen-bond acceptors (Lipinski definition) is 4. The van der Waals surface area contributed by atoms with Crippen molar-refractivity contribution in [2.24, 2.45) is 0 Å². The van der Waals surface area contributed by atoms with E-state index in [9.17, 15) is 14.4 Å². The van der Waals surface area contributed by atoms with Crippen molar-refractivity contribution in [2.45, 2.75) is 25.7 Å². The van der Waals surface area contributed by atoms with E-state index in [1.165, 1.54) is 4.90 Å². The molecular formula is C23H26N2O5. The minimum atomic E-state index is -0.964. The number of hydrogen-bond donors (Lipinski definition) is 2. The van der Waals surface area contributed by atoms with Gasteiger partial charge in [0.15, 0.2) is 0 Å². The number of alkyl carbamates (subject to hydrolysis) is 1. The summed E-state index contributed by atoms with van der Waals surface area (Å²) in [6.07, 6.45) is -0.0904. The van der Waals surface area contributed by atoms with Gasteiger partial charge >= 0.3 is 12.1 Å². The van der Waals surface area contributed by atoms with Crippen LogP contribution in [0.5, 0.6) is 0 Å². The summed E-state index contributed by atoms with van der Waals surface area (Å²) in [6, 6.07) is 16.1. The second-order valence-corrected chi connectivity index (χ2v) is 7.20. The van der Waals surface area contributed by atoms with Gasteiger partial charge < -0.3 is 20.1 Å². The molecule has 0 saturated carbocycles. The first kappa shape index (κ1) is 21.4. The van der Waals surface area contributed by atoms with E-state index in [1.54, 1.807) is 0 Å². The highest BCUT2D eigenvalue weighted by Crippen LogP contribution is 2.44. The fourth-order valence-electron chi connectivity index (χ4n) is 3.77. The molecule has 2 aromatic carbocycles. The summed E-state index contributed by atoms with van der Waals surface area (Å²) in [4.78, 5) is 36.7. The van der Waals surface area contributed by atoms with E-state index in [0.29, 0.717) is 13.0 Å². The molecule has 2 amide bonds. The maximum atomic E-state index is 12.3. The van der Waals surface area contributed by atoms with E-state index in [4.69, 9.17) is 9.84 Å². The number of benzene rings is 2. The molecule has 2 aromatic rings. The van der Waals surface area contributed by atoms with E-state index in [2.05, 4.69) is 17.4 Å². The summed E-state index contributed by atoms with van der Waals surface area (Å²) in [7, 11) is 0. The van der Waals surface area contributed by atoms with Crippen LogP contribution in [0.1, 0.15) is 36.8 Å². The number of carboxylic acids is 1. The number of carboxylic acid groups (broad SMARTS) is 1. The Balaban J connectivity index is 1.55. The van der Waals surface area contributed by atoms with Gasteiger partial charge in [0.2, 0.25) is 5.91 Å². The molecule has 0 radical (unpaired) electrons. The van der Waals surface area contributed by atoms with Gasteiger partial charge in [-0.2, -0.15) is 0 Å². The quantitative estimate of drug-likeness (QED) is 0.662. The highest BCUT2D eigenvalue weighted by atomic mass is 16.5. The number of rotatable bonds is 9. The number of nitrogens with one attached hydrogen (secondary N) is 1. The summed E-state index contributed by atoms with van der Waals surface area (Å²) < 4.78 is 5.41. The van der Waals surface area contributed by atoms with Gasteiger partial charge in [-0.05, 0) is 28.7 Å². The standard InChI is InChI=1S/C23H26N2O5/c1-2-12-25(13-11-22(27)28)21(26)14-24-23(29)30-15-20-18-9-5-3-7-16(18)17-8-4-6-10-19(17)20/h3-10,20H,2,11-15H2,1H3,(H,24,29)(H,27,28). The Labute approximate surface area is 175 Å². The average Bonchev–Trinajstić information content (AvgIpc) is 3.07. The van der Waals surface area contributed by atoms with Gasteiger partial charge in [0.1, 0.15) is 13.2 Å². The Hall–Kier alpha value is -3.35. The van der Waals surface area contributed by atoms with Crippen molar-refractivity contribution in [2.75, 3.05) is 26.2 Å². The molecule has 0 heterocycles. The third-order valence-corrected chi connectivity index (χ3v) is 5.17. The van der Waals surface area contributed by atoms with Gasteiger partial charge in [-0.3, -0.25) is 9.59 Å². The SMILES string of the molecule is CCCN(CCC(=O)O)C(=O)CNC(=O)OCC1c2ccccc2-c2ccccc21. The number of ether oxygens (including phenoxy) is 1. The van der Waals surface area contributed by atoms with Gasteiger partial charge in [0.05, 0.1) is 6.42 Å². The van der Waals surface area contributed by atoms with Crippen LogP contribution in [0.3, 0.4) is 0 Å². The molecule has 0 aromatic heterocycles. The van der Waals surface area contributed by atoms with Crippen LogP contribution in [-0.2, 0) is 14.3 Å². The van der Waals surface area contributed by atoms with Crippen LogP contribution < -0.4 is 5.32 Å². The smallest absolute Gasteiger partial charge is 0.407 e. The van der Waals surface area contributed by atoms with Gasteiger partial charge in [-0.25, -0.2) is 4.79 Å². The molecule has 1 aliphatic rings. The zero-order chi connectivity index (χ0) is 21.5. The molecule has 30 heavy (non-hydrogen) atoms. The molecule has 0 atom stereocenters. The molecular weight excluding hydrogens is 384 g/mol. The average molecular weight is 410 g/mol. The van der Waals surface area contributed by atoms with Gasteiger partial charge in [0, 0.05) is 19.0 Å². The fourth-order valence-corrected chi connectivity index (χ4v) is 3.77. The topological polar surface area (TPSA) is 95.9 Å². The van der Waals surface area contributed by atoms with Crippen molar-refractivity contribution in [1.82, 2.24) is 10.2 Å². The Bertz CT molecular complexity index is 882. The molecule has 0 fully saturated rings. The number of fused-ring (bicyclic) bond motifs is 3. The number of amides is 2. The molecule has 158 valence electrons. The van der Waals surface area contributed by atoms with E-state index in [0.717, 1.165) is 22.3 Å². The fraction of sp³-hybridized carbons (Fsp3) is 0.348. The third-order valence-electron chi connectivity index (χ3n) is 5.17. The Morgan fingerprint density at radius 3 is 2.17 bits per heavy atom. The molecule has 0 saturated heterocycles. The lowest BCUT2D eigenvalue weighted by atomic mass is 9.98. The molecule has 0 bridgehead atoms. The van der Waals surface area contributed by atoms with Crippen molar-refractivity contribution >= 4 is 18.0 Å². The van der Waals surface area contributed by atoms with Crippen LogP contribution in [0.4, 0.5) is 4.79 Å². The molecule has 7 heteroatoms. The summed E-state index contributed by atoms with van der Waals surface area (Å²) in [5.74, 6) is -1.34. The molecule has 0 spiro atoms. The number of carbonyl (C=O) groups excluding carboxylic acids is 2. The van der Waals surface area contributed by atoms with Crippen LogP contribution >= 0.6 is 0 Å². The van der Waals surface area contributed by atoms with Crippen LogP contribution in [-0.4, -0.2) is 54.2 Å². The van der Waals surface area contributed by atoms with Crippen LogP contribution in [0.25, 0.3) is 11.1 Å². The van der Waals surface area contributed by atoms with E-state index in [-0.39, 0.29) is 37.9 Å². The summed E-state index contributed by atoms with van der Waals surface area (Å²) in [6.45, 7) is 2.41. The minimum Gasteiger partial charge on any atom is -0.481 e. The largest absolute Gasteiger partial charge is 0.481 e. The zero-order valence-electron chi connectivity index (χ0n) is 17.0. The Morgan fingerprint density at radius 2 is 1.60 bits per heavy atom. The third kappa shape index (κ3) is 4.97. The maximum absolute atomic E-state index is 12.3. The highest BCUT2D eigenvalue weighted by Gasteiger charge is 2.29. The predicted molar refractivity (Wildman–Crippen MR) is 112 cm³/mol. The van der Waals surface area contributed by atoms with Crippen LogP contribution in [0, 0.1) is 0 Å². The molecule has 0 unspecified atom stereocenters. The summed E-state index contributed by atoms with van der Waals surface area (Å²) in [5.41, 5.74) is 4.52.